The molecule has 1 saturated carbocycles. The van der Waals surface area contributed by atoms with E-state index in [1.165, 1.54) is 12.8 Å². The van der Waals surface area contributed by atoms with E-state index in [9.17, 15) is 0 Å². The van der Waals surface area contributed by atoms with Gasteiger partial charge in [-0.25, -0.2) is 0 Å². The van der Waals surface area contributed by atoms with Gasteiger partial charge in [0.2, 0.25) is 5.89 Å². The lowest BCUT2D eigenvalue weighted by atomic mass is 10.2. The van der Waals surface area contributed by atoms with Gasteiger partial charge < -0.3 is 15.1 Å². The Kier molecular flexibility index (Phi) is 3.93. The normalized spacial score (nSPS) is 16.2. The Balaban J connectivity index is 1.76. The molecule has 1 aliphatic carbocycles. The van der Waals surface area contributed by atoms with Crippen LogP contribution < -0.4 is 10.6 Å². The molecule has 1 fully saturated rings. The van der Waals surface area contributed by atoms with Gasteiger partial charge >= 0.3 is 6.01 Å². The van der Waals surface area contributed by atoms with Gasteiger partial charge in [0.1, 0.15) is 0 Å². The van der Waals surface area contributed by atoms with Crippen molar-refractivity contribution in [2.75, 3.05) is 18.1 Å². The summed E-state index contributed by atoms with van der Waals surface area (Å²) in [7, 11) is 0. The number of thioether (sulfide) groups is 1. The number of nitrogens with zero attached hydrogens (tertiary/aromatic N) is 2. The maximum absolute atomic E-state index is 5.50. The molecule has 0 atom stereocenters. The van der Waals surface area contributed by atoms with E-state index in [2.05, 4.69) is 40.9 Å². The predicted molar refractivity (Wildman–Crippen MR) is 70.2 cm³/mol. The number of hydrogen-bond acceptors (Lipinski definition) is 6. The Morgan fingerprint density at radius 3 is 2.82 bits per heavy atom. The molecule has 1 heterocycles. The van der Waals surface area contributed by atoms with Crippen molar-refractivity contribution in [3.63, 3.8) is 0 Å². The van der Waals surface area contributed by atoms with Crippen molar-refractivity contribution >= 4 is 17.8 Å². The van der Waals surface area contributed by atoms with E-state index in [1.807, 2.05) is 11.8 Å². The summed E-state index contributed by atoms with van der Waals surface area (Å²) >= 11 is 1.81. The summed E-state index contributed by atoms with van der Waals surface area (Å²) in [4.78, 5) is 0. The summed E-state index contributed by atoms with van der Waals surface area (Å²) in [5.41, 5.74) is 0. The lowest BCUT2D eigenvalue weighted by molar-refractivity contribution is 0.474. The van der Waals surface area contributed by atoms with Crippen LogP contribution in [-0.4, -0.2) is 33.8 Å². The monoisotopic (exact) mass is 256 g/mol. The average Bonchev–Trinajstić information content (AvgIpc) is 3.03. The lowest BCUT2D eigenvalue weighted by Gasteiger charge is -2.21. The molecule has 17 heavy (non-hydrogen) atoms. The highest BCUT2D eigenvalue weighted by molar-refractivity contribution is 7.99. The van der Waals surface area contributed by atoms with Gasteiger partial charge in [-0.2, -0.15) is 11.8 Å². The van der Waals surface area contributed by atoms with Gasteiger partial charge in [-0.1, -0.05) is 5.10 Å². The molecule has 5 nitrogen and oxygen atoms in total. The summed E-state index contributed by atoms with van der Waals surface area (Å²) in [6.07, 6.45) is 4.63. The van der Waals surface area contributed by atoms with E-state index in [0.29, 0.717) is 24.5 Å². The van der Waals surface area contributed by atoms with Crippen molar-refractivity contribution in [1.29, 1.82) is 0 Å². The average molecular weight is 256 g/mol. The van der Waals surface area contributed by atoms with Gasteiger partial charge in [-0.3, -0.25) is 0 Å². The first-order valence-electron chi connectivity index (χ1n) is 5.94. The number of aromatic nitrogens is 2. The molecule has 0 radical (unpaired) electrons. The molecule has 0 saturated heterocycles. The van der Waals surface area contributed by atoms with E-state index in [4.69, 9.17) is 4.42 Å². The highest BCUT2D eigenvalue weighted by Gasteiger charge is 2.21. The molecule has 2 N–H and O–H groups in total. The Bertz CT molecular complexity index is 362. The van der Waals surface area contributed by atoms with Crippen LogP contribution in [0.15, 0.2) is 4.42 Å². The van der Waals surface area contributed by atoms with Crippen molar-refractivity contribution < 1.29 is 4.42 Å². The largest absolute Gasteiger partial charge is 0.407 e. The smallest absolute Gasteiger partial charge is 0.315 e. The van der Waals surface area contributed by atoms with Crippen LogP contribution in [0.25, 0.3) is 0 Å². The Hall–Kier alpha value is -0.750. The zero-order chi connectivity index (χ0) is 12.3. The lowest BCUT2D eigenvalue weighted by Crippen LogP contribution is -2.25. The zero-order valence-corrected chi connectivity index (χ0v) is 11.4. The van der Waals surface area contributed by atoms with Crippen LogP contribution in [0, 0.1) is 0 Å². The highest BCUT2D eigenvalue weighted by atomic mass is 32.2. The predicted octanol–water partition coefficient (Wildman–Crippen LogP) is 1.88. The fourth-order valence-electron chi connectivity index (χ4n) is 1.28. The number of anilines is 1. The molecule has 96 valence electrons. The Morgan fingerprint density at radius 1 is 1.41 bits per heavy atom. The van der Waals surface area contributed by atoms with E-state index in [1.54, 1.807) is 0 Å². The van der Waals surface area contributed by atoms with Crippen molar-refractivity contribution in [2.24, 2.45) is 0 Å². The summed E-state index contributed by atoms with van der Waals surface area (Å²) in [5.74, 6) is 0.654. The molecule has 1 aromatic rings. The van der Waals surface area contributed by atoms with E-state index < -0.39 is 0 Å². The van der Waals surface area contributed by atoms with Crippen molar-refractivity contribution in [1.82, 2.24) is 15.5 Å². The van der Waals surface area contributed by atoms with Crippen LogP contribution in [0.1, 0.15) is 32.6 Å². The molecular formula is C11H20N4OS. The summed E-state index contributed by atoms with van der Waals surface area (Å²) in [6, 6.07) is 1.17. The second-order valence-electron chi connectivity index (χ2n) is 4.97. The quantitative estimate of drug-likeness (QED) is 0.776. The maximum atomic E-state index is 5.50. The minimum absolute atomic E-state index is 0.168. The fraction of sp³-hybridized carbons (Fsp3) is 0.818. The Morgan fingerprint density at radius 2 is 2.18 bits per heavy atom. The number of hydrogen-bond donors (Lipinski definition) is 2. The van der Waals surface area contributed by atoms with Gasteiger partial charge in [0.15, 0.2) is 0 Å². The summed E-state index contributed by atoms with van der Waals surface area (Å²) in [5, 5.41) is 14.5. The molecule has 1 aliphatic rings. The van der Waals surface area contributed by atoms with E-state index in [0.717, 1.165) is 6.54 Å². The minimum Gasteiger partial charge on any atom is -0.407 e. The third-order valence-corrected chi connectivity index (χ3v) is 4.05. The molecule has 6 heteroatoms. The summed E-state index contributed by atoms with van der Waals surface area (Å²) < 4.78 is 5.66. The molecule has 0 aliphatic heterocycles. The van der Waals surface area contributed by atoms with Crippen molar-refractivity contribution in [3.05, 3.63) is 5.89 Å². The van der Waals surface area contributed by atoms with Gasteiger partial charge in [-0.05, 0) is 32.9 Å². The van der Waals surface area contributed by atoms with Gasteiger partial charge in [0.25, 0.3) is 0 Å². The molecule has 1 aromatic heterocycles. The van der Waals surface area contributed by atoms with Gasteiger partial charge in [0, 0.05) is 17.3 Å². The molecule has 0 bridgehead atoms. The zero-order valence-electron chi connectivity index (χ0n) is 10.6. The number of rotatable bonds is 7. The van der Waals surface area contributed by atoms with Crippen LogP contribution in [0.4, 0.5) is 6.01 Å². The third-order valence-electron chi connectivity index (χ3n) is 2.80. The summed E-state index contributed by atoms with van der Waals surface area (Å²) in [6.45, 7) is 5.84. The van der Waals surface area contributed by atoms with Gasteiger partial charge in [-0.15, -0.1) is 5.10 Å². The molecule has 0 spiro atoms. The van der Waals surface area contributed by atoms with Crippen LogP contribution in [-0.2, 0) is 6.54 Å². The first kappa shape index (κ1) is 12.7. The first-order valence-corrected chi connectivity index (χ1v) is 7.16. The number of nitrogens with one attached hydrogen (secondary N) is 2. The van der Waals surface area contributed by atoms with Crippen molar-refractivity contribution in [3.8, 4) is 0 Å². The topological polar surface area (TPSA) is 63.0 Å². The third kappa shape index (κ3) is 4.20. The van der Waals surface area contributed by atoms with Crippen LogP contribution in [0.3, 0.4) is 0 Å². The second-order valence-corrected chi connectivity index (χ2v) is 6.49. The highest BCUT2D eigenvalue weighted by Crippen LogP contribution is 2.22. The molecule has 0 aromatic carbocycles. The van der Waals surface area contributed by atoms with E-state index >= 15 is 0 Å². The van der Waals surface area contributed by atoms with Crippen LogP contribution in [0.2, 0.25) is 0 Å². The van der Waals surface area contributed by atoms with Crippen molar-refractivity contribution in [2.45, 2.75) is 44.0 Å². The molecule has 0 amide bonds. The van der Waals surface area contributed by atoms with E-state index in [-0.39, 0.29) is 4.75 Å². The van der Waals surface area contributed by atoms with Crippen LogP contribution in [0.5, 0.6) is 0 Å². The minimum atomic E-state index is 0.168. The first-order chi connectivity index (χ1) is 8.09. The SMILES string of the molecule is CSC(C)(C)CNc1nnc(CNC2CC2)o1. The molecule has 0 unspecified atom stereocenters. The maximum Gasteiger partial charge on any atom is 0.315 e. The second kappa shape index (κ2) is 5.27. The molecule has 2 rings (SSSR count). The van der Waals surface area contributed by atoms with Crippen LogP contribution >= 0.6 is 11.8 Å². The molecular weight excluding hydrogens is 236 g/mol. The fourth-order valence-corrected chi connectivity index (χ4v) is 1.49. The standard InChI is InChI=1S/C11H20N4OS/c1-11(2,17-3)7-13-10-15-14-9(16-10)6-12-8-4-5-8/h8,12H,4-7H2,1-3H3,(H,13,15). The Labute approximate surface area is 106 Å². The van der Waals surface area contributed by atoms with Gasteiger partial charge in [0.05, 0.1) is 6.54 Å².